The standard InChI is InChI=1S/C12H27N3O3S/c1-5-12(6-2,10-13)14-11(16)9-19(17,18)15(7-3)8-4/h5-10,13H2,1-4H3,(H,14,16). The van der Waals surface area contributed by atoms with Gasteiger partial charge in [-0.05, 0) is 12.8 Å². The van der Waals surface area contributed by atoms with Gasteiger partial charge in [-0.2, -0.15) is 0 Å². The van der Waals surface area contributed by atoms with Gasteiger partial charge < -0.3 is 11.1 Å². The number of hydrogen-bond acceptors (Lipinski definition) is 4. The largest absolute Gasteiger partial charge is 0.348 e. The molecule has 0 saturated carbocycles. The van der Waals surface area contributed by atoms with Gasteiger partial charge in [0.1, 0.15) is 5.75 Å². The molecule has 0 aliphatic carbocycles. The van der Waals surface area contributed by atoms with Crippen LogP contribution in [0.5, 0.6) is 0 Å². The Bertz CT molecular complexity index is 365. The zero-order valence-electron chi connectivity index (χ0n) is 12.4. The third-order valence-electron chi connectivity index (χ3n) is 3.56. The lowest BCUT2D eigenvalue weighted by Crippen LogP contribution is -2.54. The quantitative estimate of drug-likeness (QED) is 0.639. The van der Waals surface area contributed by atoms with Gasteiger partial charge in [-0.3, -0.25) is 4.79 Å². The minimum atomic E-state index is -3.54. The average Bonchev–Trinajstić information content (AvgIpc) is 2.36. The van der Waals surface area contributed by atoms with Gasteiger partial charge in [0.2, 0.25) is 15.9 Å². The molecule has 0 bridgehead atoms. The number of hydrogen-bond donors (Lipinski definition) is 2. The van der Waals surface area contributed by atoms with Crippen molar-refractivity contribution >= 4 is 15.9 Å². The molecule has 3 N–H and O–H groups in total. The summed E-state index contributed by atoms with van der Waals surface area (Å²) in [4.78, 5) is 11.9. The smallest absolute Gasteiger partial charge is 0.237 e. The monoisotopic (exact) mass is 293 g/mol. The summed E-state index contributed by atoms with van der Waals surface area (Å²) in [6.07, 6.45) is 1.36. The van der Waals surface area contributed by atoms with Gasteiger partial charge in [0.25, 0.3) is 0 Å². The summed E-state index contributed by atoms with van der Waals surface area (Å²) in [6.45, 7) is 8.40. The summed E-state index contributed by atoms with van der Waals surface area (Å²) in [7, 11) is -3.54. The van der Waals surface area contributed by atoms with Gasteiger partial charge in [-0.15, -0.1) is 0 Å². The summed E-state index contributed by atoms with van der Waals surface area (Å²) in [5.74, 6) is -1.00. The molecule has 0 aromatic rings. The van der Waals surface area contributed by atoms with Gasteiger partial charge >= 0.3 is 0 Å². The van der Waals surface area contributed by atoms with E-state index in [4.69, 9.17) is 5.73 Å². The van der Waals surface area contributed by atoms with Crippen molar-refractivity contribution in [1.29, 1.82) is 0 Å². The molecule has 7 heteroatoms. The van der Waals surface area contributed by atoms with Crippen LogP contribution in [0.2, 0.25) is 0 Å². The molecule has 0 saturated heterocycles. The summed E-state index contributed by atoms with van der Waals surface area (Å²) in [6, 6.07) is 0. The minimum absolute atomic E-state index is 0.303. The van der Waals surface area contributed by atoms with E-state index in [-0.39, 0.29) is 0 Å². The first-order valence-electron chi connectivity index (χ1n) is 6.79. The number of nitrogens with two attached hydrogens (primary N) is 1. The van der Waals surface area contributed by atoms with Crippen LogP contribution in [0.1, 0.15) is 40.5 Å². The van der Waals surface area contributed by atoms with Gasteiger partial charge in [-0.1, -0.05) is 27.7 Å². The first-order valence-corrected chi connectivity index (χ1v) is 8.40. The molecule has 1 amide bonds. The number of nitrogens with one attached hydrogen (secondary N) is 1. The maximum atomic E-state index is 12.0. The van der Waals surface area contributed by atoms with E-state index in [1.165, 1.54) is 4.31 Å². The molecule has 19 heavy (non-hydrogen) atoms. The van der Waals surface area contributed by atoms with E-state index in [9.17, 15) is 13.2 Å². The van der Waals surface area contributed by atoms with Crippen LogP contribution < -0.4 is 11.1 Å². The van der Waals surface area contributed by atoms with Crippen LogP contribution in [-0.4, -0.2) is 49.6 Å². The second-order valence-corrected chi connectivity index (χ2v) is 6.55. The van der Waals surface area contributed by atoms with Crippen LogP contribution in [0.3, 0.4) is 0 Å². The summed E-state index contributed by atoms with van der Waals surface area (Å²) >= 11 is 0. The van der Waals surface area contributed by atoms with E-state index in [1.807, 2.05) is 13.8 Å². The van der Waals surface area contributed by atoms with Gasteiger partial charge in [0.05, 0.1) is 5.54 Å². The molecule has 0 aromatic heterocycles. The van der Waals surface area contributed by atoms with Crippen molar-refractivity contribution in [3.8, 4) is 0 Å². The van der Waals surface area contributed by atoms with Crippen LogP contribution >= 0.6 is 0 Å². The molecule has 0 aromatic carbocycles. The highest BCUT2D eigenvalue weighted by atomic mass is 32.2. The highest BCUT2D eigenvalue weighted by molar-refractivity contribution is 7.89. The molecular formula is C12H27N3O3S. The fraction of sp³-hybridized carbons (Fsp3) is 0.917. The van der Waals surface area contributed by atoms with E-state index in [2.05, 4.69) is 5.32 Å². The predicted octanol–water partition coefficient (Wildman–Crippen LogP) is 0.292. The van der Waals surface area contributed by atoms with Crippen LogP contribution in [0.4, 0.5) is 0 Å². The first-order chi connectivity index (χ1) is 8.80. The lowest BCUT2D eigenvalue weighted by Gasteiger charge is -2.31. The second-order valence-electron chi connectivity index (χ2n) is 4.58. The molecular weight excluding hydrogens is 266 g/mol. The van der Waals surface area contributed by atoms with Crippen LogP contribution in [0.25, 0.3) is 0 Å². The first kappa shape index (κ1) is 18.3. The molecule has 114 valence electrons. The Kier molecular flexibility index (Phi) is 7.54. The molecule has 0 spiro atoms. The fourth-order valence-electron chi connectivity index (χ4n) is 1.97. The molecule has 0 fully saturated rings. The molecule has 0 heterocycles. The maximum Gasteiger partial charge on any atom is 0.237 e. The molecule has 0 unspecified atom stereocenters. The van der Waals surface area contributed by atoms with Crippen molar-refractivity contribution in [3.05, 3.63) is 0 Å². The highest BCUT2D eigenvalue weighted by Crippen LogP contribution is 2.13. The molecule has 0 aliphatic rings. The van der Waals surface area contributed by atoms with E-state index >= 15 is 0 Å². The van der Waals surface area contributed by atoms with Crippen LogP contribution in [0.15, 0.2) is 0 Å². The maximum absolute atomic E-state index is 12.0. The zero-order chi connectivity index (χ0) is 15.1. The Balaban J connectivity index is 4.79. The van der Waals surface area contributed by atoms with Gasteiger partial charge in [-0.25, -0.2) is 12.7 Å². The Morgan fingerprint density at radius 2 is 1.63 bits per heavy atom. The van der Waals surface area contributed by atoms with Crippen molar-refractivity contribution in [2.24, 2.45) is 5.73 Å². The second kappa shape index (κ2) is 7.81. The van der Waals surface area contributed by atoms with Crippen molar-refractivity contribution in [1.82, 2.24) is 9.62 Å². The lowest BCUT2D eigenvalue weighted by molar-refractivity contribution is -0.120. The SMILES string of the molecule is CCN(CC)S(=O)(=O)CC(=O)NC(CC)(CC)CN. The zero-order valence-corrected chi connectivity index (χ0v) is 13.2. The van der Waals surface area contributed by atoms with Crippen molar-refractivity contribution in [2.75, 3.05) is 25.4 Å². The fourth-order valence-corrected chi connectivity index (χ4v) is 3.35. The van der Waals surface area contributed by atoms with Crippen LogP contribution in [-0.2, 0) is 14.8 Å². The topological polar surface area (TPSA) is 92.5 Å². The third-order valence-corrected chi connectivity index (χ3v) is 5.49. The Hall–Kier alpha value is -0.660. The molecule has 0 radical (unpaired) electrons. The van der Waals surface area contributed by atoms with Crippen LogP contribution in [0, 0.1) is 0 Å². The molecule has 6 nitrogen and oxygen atoms in total. The van der Waals surface area contributed by atoms with Crippen molar-refractivity contribution in [2.45, 2.75) is 46.1 Å². The highest BCUT2D eigenvalue weighted by Gasteiger charge is 2.29. The Morgan fingerprint density at radius 1 is 1.16 bits per heavy atom. The number of carbonyl (C=O) groups excluding carboxylic acids is 1. The van der Waals surface area contributed by atoms with Gasteiger partial charge in [0, 0.05) is 19.6 Å². The van der Waals surface area contributed by atoms with Crippen molar-refractivity contribution < 1.29 is 13.2 Å². The Labute approximate surface area is 116 Å². The van der Waals surface area contributed by atoms with Gasteiger partial charge in [0.15, 0.2) is 0 Å². The summed E-state index contributed by atoms with van der Waals surface area (Å²) in [5.41, 5.74) is 5.17. The summed E-state index contributed by atoms with van der Waals surface area (Å²) < 4.78 is 25.3. The third kappa shape index (κ3) is 5.08. The Morgan fingerprint density at radius 3 is 1.95 bits per heavy atom. The predicted molar refractivity (Wildman–Crippen MR) is 77.2 cm³/mol. The van der Waals surface area contributed by atoms with E-state index < -0.39 is 27.2 Å². The van der Waals surface area contributed by atoms with Crippen molar-refractivity contribution in [3.63, 3.8) is 0 Å². The number of carbonyl (C=O) groups is 1. The van der Waals surface area contributed by atoms with E-state index in [1.54, 1.807) is 13.8 Å². The molecule has 0 rings (SSSR count). The molecule has 0 aliphatic heterocycles. The van der Waals surface area contributed by atoms with E-state index in [0.717, 1.165) is 0 Å². The number of rotatable bonds is 9. The minimum Gasteiger partial charge on any atom is -0.348 e. The number of sulfonamides is 1. The average molecular weight is 293 g/mol. The summed E-state index contributed by atoms with van der Waals surface area (Å²) in [5, 5.41) is 2.77. The van der Waals surface area contributed by atoms with E-state index in [0.29, 0.717) is 32.5 Å². The lowest BCUT2D eigenvalue weighted by atomic mass is 9.93. The molecule has 0 atom stereocenters. The number of nitrogens with zero attached hydrogens (tertiary/aromatic N) is 1. The normalized spacial score (nSPS) is 12.7. The number of amides is 1.